The Bertz CT molecular complexity index is 580. The minimum absolute atomic E-state index is 0.137. The van der Waals surface area contributed by atoms with Gasteiger partial charge in [0.1, 0.15) is 5.75 Å². The first-order valence-corrected chi connectivity index (χ1v) is 5.76. The molecule has 1 unspecified atom stereocenters. The lowest BCUT2D eigenvalue weighted by Gasteiger charge is -2.14. The Labute approximate surface area is 110 Å². The zero-order valence-corrected chi connectivity index (χ0v) is 10.7. The van der Waals surface area contributed by atoms with E-state index in [4.69, 9.17) is 14.3 Å². The number of carbonyl (C=O) groups is 1. The van der Waals surface area contributed by atoms with Crippen LogP contribution >= 0.6 is 0 Å². The Hall–Kier alpha value is -2.37. The summed E-state index contributed by atoms with van der Waals surface area (Å²) in [7, 11) is 1.54. The summed E-state index contributed by atoms with van der Waals surface area (Å²) in [6, 6.07) is 7.20. The molecule has 0 saturated carbocycles. The van der Waals surface area contributed by atoms with Crippen LogP contribution in [0, 0.1) is 6.92 Å². The maximum absolute atomic E-state index is 11.0. The first kappa shape index (κ1) is 13.1. The molecule has 0 bridgehead atoms. The molecule has 1 aromatic carbocycles. The molecule has 1 heterocycles. The summed E-state index contributed by atoms with van der Waals surface area (Å²) in [6.45, 7) is 1.66. The largest absolute Gasteiger partial charge is 0.496 e. The van der Waals surface area contributed by atoms with Gasteiger partial charge in [-0.05, 0) is 6.07 Å². The highest BCUT2D eigenvalue weighted by Crippen LogP contribution is 2.33. The number of hydrogen-bond acceptors (Lipinski definition) is 5. The first-order chi connectivity index (χ1) is 9.11. The molecule has 0 aliphatic heterocycles. The summed E-state index contributed by atoms with van der Waals surface area (Å²) in [5, 5.41) is 16.7. The number of rotatable bonds is 5. The molecule has 6 heteroatoms. The molecule has 6 nitrogen and oxygen atoms in total. The van der Waals surface area contributed by atoms with Crippen molar-refractivity contribution in [2.45, 2.75) is 19.3 Å². The van der Waals surface area contributed by atoms with E-state index >= 15 is 0 Å². The van der Waals surface area contributed by atoms with Gasteiger partial charge < -0.3 is 14.3 Å². The number of methoxy groups -OCH3 is 1. The van der Waals surface area contributed by atoms with Crippen LogP contribution in [0.2, 0.25) is 0 Å². The van der Waals surface area contributed by atoms with E-state index < -0.39 is 11.9 Å². The second kappa shape index (κ2) is 5.51. The number of benzene rings is 1. The summed E-state index contributed by atoms with van der Waals surface area (Å²) in [5.41, 5.74) is 0.719. The third-order valence-electron chi connectivity index (χ3n) is 2.73. The Morgan fingerprint density at radius 1 is 1.42 bits per heavy atom. The van der Waals surface area contributed by atoms with Crippen molar-refractivity contribution < 1.29 is 19.1 Å². The number of para-hydroxylation sites is 1. The highest BCUT2D eigenvalue weighted by atomic mass is 16.5. The van der Waals surface area contributed by atoms with Crippen LogP contribution in [0.3, 0.4) is 0 Å². The number of carboxylic acids is 1. The number of hydrogen-bond donors (Lipinski definition) is 1. The van der Waals surface area contributed by atoms with E-state index in [-0.39, 0.29) is 12.3 Å². The lowest BCUT2D eigenvalue weighted by Crippen LogP contribution is -2.09. The number of aromatic nitrogens is 2. The summed E-state index contributed by atoms with van der Waals surface area (Å²) < 4.78 is 10.6. The van der Waals surface area contributed by atoms with E-state index in [0.717, 1.165) is 5.56 Å². The monoisotopic (exact) mass is 262 g/mol. The molecular weight excluding hydrogens is 248 g/mol. The Morgan fingerprint density at radius 3 is 2.74 bits per heavy atom. The molecule has 2 rings (SSSR count). The van der Waals surface area contributed by atoms with Crippen molar-refractivity contribution >= 4 is 5.97 Å². The quantitative estimate of drug-likeness (QED) is 0.886. The highest BCUT2D eigenvalue weighted by Gasteiger charge is 2.26. The van der Waals surface area contributed by atoms with Crippen molar-refractivity contribution in [3.8, 4) is 5.75 Å². The number of ether oxygens (including phenoxy) is 1. The lowest BCUT2D eigenvalue weighted by atomic mass is 9.95. The summed E-state index contributed by atoms with van der Waals surface area (Å²) in [5.74, 6) is -0.170. The van der Waals surface area contributed by atoms with Gasteiger partial charge in [0.05, 0.1) is 19.4 Å². The number of nitrogens with zero attached hydrogens (tertiary/aromatic N) is 2. The summed E-state index contributed by atoms with van der Waals surface area (Å²) >= 11 is 0. The van der Waals surface area contributed by atoms with Gasteiger partial charge in [0.15, 0.2) is 0 Å². The van der Waals surface area contributed by atoms with Crippen molar-refractivity contribution in [2.24, 2.45) is 0 Å². The molecule has 2 aromatic rings. The second-order valence-electron chi connectivity index (χ2n) is 4.05. The standard InChI is InChI=1S/C13H14N2O4/c1-8-14-15-13(19-8)10(7-12(16)17)9-5-3-4-6-11(9)18-2/h3-6,10H,7H2,1-2H3,(H,16,17). The van der Waals surface area contributed by atoms with Crippen LogP contribution in [0.1, 0.15) is 29.7 Å². The van der Waals surface area contributed by atoms with Gasteiger partial charge in [-0.2, -0.15) is 0 Å². The van der Waals surface area contributed by atoms with Crippen LogP contribution in [0.5, 0.6) is 5.75 Å². The fraction of sp³-hybridized carbons (Fsp3) is 0.308. The molecule has 100 valence electrons. The average molecular weight is 262 g/mol. The summed E-state index contributed by atoms with van der Waals surface area (Å²) in [6.07, 6.45) is -0.137. The van der Waals surface area contributed by atoms with Crippen LogP contribution in [0.4, 0.5) is 0 Å². The van der Waals surface area contributed by atoms with E-state index in [9.17, 15) is 4.79 Å². The van der Waals surface area contributed by atoms with Crippen molar-refractivity contribution in [3.63, 3.8) is 0 Å². The maximum atomic E-state index is 11.0. The van der Waals surface area contributed by atoms with Gasteiger partial charge in [-0.1, -0.05) is 18.2 Å². The van der Waals surface area contributed by atoms with E-state index in [2.05, 4.69) is 10.2 Å². The van der Waals surface area contributed by atoms with Crippen molar-refractivity contribution in [2.75, 3.05) is 7.11 Å². The smallest absolute Gasteiger partial charge is 0.304 e. The van der Waals surface area contributed by atoms with E-state index in [1.165, 1.54) is 7.11 Å². The first-order valence-electron chi connectivity index (χ1n) is 5.76. The molecule has 1 N–H and O–H groups in total. The Kier molecular flexibility index (Phi) is 3.79. The van der Waals surface area contributed by atoms with Gasteiger partial charge in [-0.3, -0.25) is 4.79 Å². The van der Waals surface area contributed by atoms with E-state index in [1.54, 1.807) is 19.1 Å². The number of aryl methyl sites for hydroxylation is 1. The predicted molar refractivity (Wildman–Crippen MR) is 66.1 cm³/mol. The molecule has 1 aromatic heterocycles. The third-order valence-corrected chi connectivity index (χ3v) is 2.73. The molecule has 0 aliphatic carbocycles. The summed E-state index contributed by atoms with van der Waals surface area (Å²) in [4.78, 5) is 11.0. The van der Waals surface area contributed by atoms with E-state index in [1.807, 2.05) is 12.1 Å². The molecular formula is C13H14N2O4. The van der Waals surface area contributed by atoms with Crippen molar-refractivity contribution in [3.05, 3.63) is 41.6 Å². The van der Waals surface area contributed by atoms with Gasteiger partial charge >= 0.3 is 5.97 Å². The van der Waals surface area contributed by atoms with Gasteiger partial charge in [-0.25, -0.2) is 0 Å². The lowest BCUT2D eigenvalue weighted by molar-refractivity contribution is -0.137. The fourth-order valence-corrected chi connectivity index (χ4v) is 1.91. The van der Waals surface area contributed by atoms with Crippen LogP contribution in [-0.4, -0.2) is 28.4 Å². The second-order valence-corrected chi connectivity index (χ2v) is 4.05. The highest BCUT2D eigenvalue weighted by molar-refractivity contribution is 5.69. The molecule has 0 fully saturated rings. The van der Waals surface area contributed by atoms with Gasteiger partial charge in [0.25, 0.3) is 0 Å². The molecule has 0 aliphatic rings. The van der Waals surface area contributed by atoms with Crippen LogP contribution in [0.15, 0.2) is 28.7 Å². The SMILES string of the molecule is COc1ccccc1C(CC(=O)O)c1nnc(C)o1. The molecule has 0 spiro atoms. The third kappa shape index (κ3) is 2.90. The molecule has 0 saturated heterocycles. The average Bonchev–Trinajstić information content (AvgIpc) is 2.82. The van der Waals surface area contributed by atoms with Crippen molar-refractivity contribution in [1.82, 2.24) is 10.2 Å². The van der Waals surface area contributed by atoms with E-state index in [0.29, 0.717) is 11.6 Å². The minimum atomic E-state index is -0.938. The normalized spacial score (nSPS) is 12.1. The number of carboxylic acid groups (broad SMARTS) is 1. The molecule has 0 radical (unpaired) electrons. The minimum Gasteiger partial charge on any atom is -0.496 e. The fourth-order valence-electron chi connectivity index (χ4n) is 1.91. The predicted octanol–water partition coefficient (Wildman–Crippen LogP) is 1.99. The topological polar surface area (TPSA) is 85.5 Å². The van der Waals surface area contributed by atoms with Gasteiger partial charge in [-0.15, -0.1) is 10.2 Å². The van der Waals surface area contributed by atoms with Crippen LogP contribution in [0.25, 0.3) is 0 Å². The van der Waals surface area contributed by atoms with Crippen molar-refractivity contribution in [1.29, 1.82) is 0 Å². The number of aliphatic carboxylic acids is 1. The molecule has 0 amide bonds. The Morgan fingerprint density at radius 2 is 2.16 bits per heavy atom. The zero-order chi connectivity index (χ0) is 13.8. The van der Waals surface area contributed by atoms with Crippen LogP contribution < -0.4 is 4.74 Å². The van der Waals surface area contributed by atoms with Gasteiger partial charge in [0, 0.05) is 12.5 Å². The zero-order valence-electron chi connectivity index (χ0n) is 10.7. The maximum Gasteiger partial charge on any atom is 0.304 e. The van der Waals surface area contributed by atoms with Crippen LogP contribution in [-0.2, 0) is 4.79 Å². The molecule has 19 heavy (non-hydrogen) atoms. The van der Waals surface area contributed by atoms with Gasteiger partial charge in [0.2, 0.25) is 11.8 Å². The molecule has 1 atom stereocenters. The Balaban J connectivity index is 2.45.